The van der Waals surface area contributed by atoms with E-state index in [2.05, 4.69) is 49.9 Å². The van der Waals surface area contributed by atoms with Gasteiger partial charge in [0.05, 0.1) is 0 Å². The van der Waals surface area contributed by atoms with Crippen LogP contribution >= 0.6 is 0 Å². The predicted molar refractivity (Wildman–Crippen MR) is 90.1 cm³/mol. The van der Waals surface area contributed by atoms with Crippen LogP contribution in [0.4, 0.5) is 0 Å². The standard InChI is InChI=1S/C15H14.C2H6O.C2H6/c1-12-7-3-5-9-14(12)11-15-10-6-4-8-13(15)2;1-2-3;1-2/h3-11H,1H2,2H3;3H,2H2,1H3;1-2H3/b14-11-;;. The Hall–Kier alpha value is -1.86. The highest BCUT2D eigenvalue weighted by Crippen LogP contribution is 2.06. The third kappa shape index (κ3) is 6.35. The predicted octanol–water partition coefficient (Wildman–Crippen LogP) is 3.26. The molecule has 0 aromatic heterocycles. The van der Waals surface area contributed by atoms with E-state index >= 15 is 0 Å². The van der Waals surface area contributed by atoms with Crippen molar-refractivity contribution in [3.63, 3.8) is 0 Å². The first-order valence-electron chi connectivity index (χ1n) is 7.11. The lowest BCUT2D eigenvalue weighted by Gasteiger charge is -1.98. The Kier molecular flexibility index (Phi) is 9.98. The van der Waals surface area contributed by atoms with Gasteiger partial charge in [-0.2, -0.15) is 0 Å². The normalized spacial score (nSPS) is 9.95. The number of rotatable bonds is 1. The molecule has 0 amide bonds. The van der Waals surface area contributed by atoms with Crippen molar-refractivity contribution in [3.8, 4) is 0 Å². The van der Waals surface area contributed by atoms with Crippen LogP contribution in [0.15, 0.2) is 48.5 Å². The van der Waals surface area contributed by atoms with Crippen LogP contribution in [-0.4, -0.2) is 11.7 Å². The smallest absolute Gasteiger partial charge is 0.0402 e. The summed E-state index contributed by atoms with van der Waals surface area (Å²) >= 11 is 0. The van der Waals surface area contributed by atoms with E-state index < -0.39 is 0 Å². The van der Waals surface area contributed by atoms with E-state index in [4.69, 9.17) is 5.11 Å². The zero-order valence-electron chi connectivity index (χ0n) is 13.1. The molecule has 2 aromatic carbocycles. The van der Waals surface area contributed by atoms with Gasteiger partial charge in [0.1, 0.15) is 0 Å². The third-order valence-electron chi connectivity index (χ3n) is 2.55. The van der Waals surface area contributed by atoms with Crippen molar-refractivity contribution in [3.05, 3.63) is 70.1 Å². The molecule has 108 valence electrons. The summed E-state index contributed by atoms with van der Waals surface area (Å²) in [7, 11) is 0. The Morgan fingerprint density at radius 3 is 2.05 bits per heavy atom. The largest absolute Gasteiger partial charge is 0.397 e. The van der Waals surface area contributed by atoms with Crippen LogP contribution in [0.3, 0.4) is 0 Å². The van der Waals surface area contributed by atoms with E-state index in [-0.39, 0.29) is 6.61 Å². The van der Waals surface area contributed by atoms with Gasteiger partial charge in [-0.3, -0.25) is 0 Å². The molecule has 2 aromatic rings. The van der Waals surface area contributed by atoms with Crippen molar-refractivity contribution in [2.45, 2.75) is 27.7 Å². The van der Waals surface area contributed by atoms with Crippen LogP contribution in [0.2, 0.25) is 0 Å². The fourth-order valence-electron chi connectivity index (χ4n) is 1.59. The Morgan fingerprint density at radius 1 is 1.00 bits per heavy atom. The van der Waals surface area contributed by atoms with E-state index in [0.29, 0.717) is 0 Å². The summed E-state index contributed by atoms with van der Waals surface area (Å²) in [6.45, 7) is 12.1. The molecule has 0 unspecified atom stereocenters. The van der Waals surface area contributed by atoms with Crippen LogP contribution < -0.4 is 10.4 Å². The Morgan fingerprint density at radius 2 is 1.50 bits per heavy atom. The van der Waals surface area contributed by atoms with Gasteiger partial charge in [-0.1, -0.05) is 69.0 Å². The summed E-state index contributed by atoms with van der Waals surface area (Å²) in [5, 5.41) is 9.83. The van der Waals surface area contributed by atoms with Gasteiger partial charge in [0.2, 0.25) is 0 Å². The Labute approximate surface area is 122 Å². The minimum atomic E-state index is 0.250. The first-order chi connectivity index (χ1) is 9.69. The molecule has 0 spiro atoms. The lowest BCUT2D eigenvalue weighted by atomic mass is 10.1. The quantitative estimate of drug-likeness (QED) is 0.843. The second-order valence-corrected chi connectivity index (χ2v) is 4.02. The average molecular weight is 270 g/mol. The van der Waals surface area contributed by atoms with E-state index in [1.165, 1.54) is 16.3 Å². The molecular formula is C19H26O. The molecule has 0 radical (unpaired) electrons. The first kappa shape index (κ1) is 18.1. The van der Waals surface area contributed by atoms with Crippen molar-refractivity contribution in [1.82, 2.24) is 0 Å². The molecule has 0 fully saturated rings. The third-order valence-corrected chi connectivity index (χ3v) is 2.55. The molecule has 0 atom stereocenters. The van der Waals surface area contributed by atoms with Crippen molar-refractivity contribution in [2.24, 2.45) is 0 Å². The van der Waals surface area contributed by atoms with Crippen molar-refractivity contribution in [1.29, 1.82) is 0 Å². The van der Waals surface area contributed by atoms with Crippen LogP contribution in [0, 0.1) is 6.92 Å². The first-order valence-corrected chi connectivity index (χ1v) is 7.11. The number of aryl methyl sites for hydroxylation is 1. The molecule has 1 N–H and O–H groups in total. The van der Waals surface area contributed by atoms with Crippen LogP contribution in [-0.2, 0) is 0 Å². The van der Waals surface area contributed by atoms with E-state index in [1.54, 1.807) is 6.92 Å². The SMILES string of the molecule is C=c1cccc/c1=C/c1ccccc1C.CC.CCO. The lowest BCUT2D eigenvalue weighted by Crippen LogP contribution is -2.21. The summed E-state index contributed by atoms with van der Waals surface area (Å²) in [5.41, 5.74) is 2.55. The van der Waals surface area contributed by atoms with Crippen LogP contribution in [0.5, 0.6) is 0 Å². The highest BCUT2D eigenvalue weighted by molar-refractivity contribution is 5.53. The summed E-state index contributed by atoms with van der Waals surface area (Å²) in [6, 6.07) is 16.5. The number of aliphatic hydroxyl groups excluding tert-OH is 1. The molecule has 0 heterocycles. The molecule has 1 heteroatoms. The van der Waals surface area contributed by atoms with Gasteiger partial charge in [-0.05, 0) is 41.5 Å². The molecule has 0 aliphatic heterocycles. The van der Waals surface area contributed by atoms with Gasteiger partial charge in [0, 0.05) is 6.61 Å². The minimum Gasteiger partial charge on any atom is -0.397 e. The molecular weight excluding hydrogens is 244 g/mol. The second-order valence-electron chi connectivity index (χ2n) is 4.02. The summed E-state index contributed by atoms with van der Waals surface area (Å²) in [6.07, 6.45) is 2.18. The van der Waals surface area contributed by atoms with Gasteiger partial charge < -0.3 is 5.11 Å². The number of benzene rings is 2. The van der Waals surface area contributed by atoms with Gasteiger partial charge in [-0.25, -0.2) is 0 Å². The Bertz CT molecular complexity index is 585. The summed E-state index contributed by atoms with van der Waals surface area (Å²) in [5.74, 6) is 0. The maximum atomic E-state index is 7.57. The maximum Gasteiger partial charge on any atom is 0.0402 e. The molecule has 20 heavy (non-hydrogen) atoms. The fraction of sp³-hybridized carbons (Fsp3) is 0.263. The van der Waals surface area contributed by atoms with E-state index in [9.17, 15) is 0 Å². The Balaban J connectivity index is 0.000000641. The fourth-order valence-corrected chi connectivity index (χ4v) is 1.59. The topological polar surface area (TPSA) is 20.2 Å². The number of aliphatic hydroxyl groups is 1. The number of hydrogen-bond acceptors (Lipinski definition) is 1. The van der Waals surface area contributed by atoms with Crippen molar-refractivity contribution >= 4 is 12.7 Å². The summed E-state index contributed by atoms with van der Waals surface area (Å²) in [4.78, 5) is 0. The molecule has 1 nitrogen and oxygen atoms in total. The van der Waals surface area contributed by atoms with Crippen LogP contribution in [0.25, 0.3) is 12.7 Å². The van der Waals surface area contributed by atoms with Crippen molar-refractivity contribution < 1.29 is 5.11 Å². The monoisotopic (exact) mass is 270 g/mol. The maximum absolute atomic E-state index is 7.57. The zero-order valence-corrected chi connectivity index (χ0v) is 13.1. The molecule has 0 bridgehead atoms. The molecule has 2 rings (SSSR count). The van der Waals surface area contributed by atoms with Gasteiger partial charge >= 0.3 is 0 Å². The van der Waals surface area contributed by atoms with Gasteiger partial charge in [0.15, 0.2) is 0 Å². The lowest BCUT2D eigenvalue weighted by molar-refractivity contribution is 0.318. The van der Waals surface area contributed by atoms with Gasteiger partial charge in [0.25, 0.3) is 0 Å². The molecule has 0 aliphatic carbocycles. The minimum absolute atomic E-state index is 0.250. The molecule has 0 aliphatic rings. The van der Waals surface area contributed by atoms with Gasteiger partial charge in [-0.15, -0.1) is 0 Å². The summed E-state index contributed by atoms with van der Waals surface area (Å²) < 4.78 is 0. The van der Waals surface area contributed by atoms with E-state index in [0.717, 1.165) is 5.22 Å². The highest BCUT2D eigenvalue weighted by Gasteiger charge is 1.91. The van der Waals surface area contributed by atoms with Crippen LogP contribution in [0.1, 0.15) is 31.9 Å². The molecule has 0 saturated carbocycles. The molecule has 0 saturated heterocycles. The highest BCUT2D eigenvalue weighted by atomic mass is 16.2. The number of hydrogen-bond donors (Lipinski definition) is 1. The average Bonchev–Trinajstić information content (AvgIpc) is 2.47. The second kappa shape index (κ2) is 11.0. The zero-order chi connectivity index (χ0) is 15.4. The van der Waals surface area contributed by atoms with E-state index in [1.807, 2.05) is 32.0 Å². The van der Waals surface area contributed by atoms with Crippen molar-refractivity contribution in [2.75, 3.05) is 6.61 Å².